The highest BCUT2D eigenvalue weighted by Gasteiger charge is 2.41. The lowest BCUT2D eigenvalue weighted by Gasteiger charge is -2.33. The van der Waals surface area contributed by atoms with Crippen LogP contribution < -0.4 is 5.32 Å². The van der Waals surface area contributed by atoms with E-state index in [1.54, 1.807) is 6.07 Å². The van der Waals surface area contributed by atoms with Gasteiger partial charge in [0.15, 0.2) is 0 Å². The molecule has 116 valence electrons. The molecule has 1 aliphatic carbocycles. The smallest absolute Gasteiger partial charge is 0.404 e. The second-order valence-corrected chi connectivity index (χ2v) is 6.16. The summed E-state index contributed by atoms with van der Waals surface area (Å²) >= 11 is 0. The molecule has 3 rings (SSSR count). The van der Waals surface area contributed by atoms with Gasteiger partial charge in [0, 0.05) is 6.04 Å². The predicted octanol–water partition coefficient (Wildman–Crippen LogP) is 2.71. The summed E-state index contributed by atoms with van der Waals surface area (Å²) in [5.41, 5.74) is 0. The van der Waals surface area contributed by atoms with E-state index in [2.05, 4.69) is 10.2 Å². The fraction of sp³-hybridized carbons (Fsp3) is 0.733. The highest BCUT2D eigenvalue weighted by Crippen LogP contribution is 2.42. The van der Waals surface area contributed by atoms with Crippen LogP contribution in [-0.2, 0) is 0 Å². The first kappa shape index (κ1) is 14.5. The van der Waals surface area contributed by atoms with Crippen molar-refractivity contribution in [2.24, 2.45) is 5.92 Å². The van der Waals surface area contributed by atoms with Gasteiger partial charge in [-0.1, -0.05) is 6.42 Å². The van der Waals surface area contributed by atoms with Crippen molar-refractivity contribution in [3.8, 4) is 0 Å². The fourth-order valence-electron chi connectivity index (χ4n) is 3.56. The molecule has 2 heterocycles. The predicted molar refractivity (Wildman–Crippen MR) is 79.1 cm³/mol. The highest BCUT2D eigenvalue weighted by atomic mass is 16.6. The highest BCUT2D eigenvalue weighted by molar-refractivity contribution is 5.21. The molecular weight excluding hydrogens is 270 g/mol. The Balaban J connectivity index is 1.90. The van der Waals surface area contributed by atoms with E-state index in [1.807, 2.05) is 7.05 Å². The SMILES string of the molecule is CNCC1CCCCN(C2CC2)C1c1ccc([N+](=O)[O-])o1. The van der Waals surface area contributed by atoms with Crippen LogP contribution in [0.3, 0.4) is 0 Å². The lowest BCUT2D eigenvalue weighted by atomic mass is 9.92. The van der Waals surface area contributed by atoms with Gasteiger partial charge in [-0.25, -0.2) is 0 Å². The molecule has 0 amide bonds. The molecule has 2 fully saturated rings. The van der Waals surface area contributed by atoms with E-state index in [1.165, 1.54) is 31.7 Å². The van der Waals surface area contributed by atoms with E-state index in [9.17, 15) is 10.1 Å². The topological polar surface area (TPSA) is 71.5 Å². The molecule has 1 saturated carbocycles. The summed E-state index contributed by atoms with van der Waals surface area (Å²) in [5, 5.41) is 14.2. The van der Waals surface area contributed by atoms with Gasteiger partial charge in [-0.15, -0.1) is 0 Å². The van der Waals surface area contributed by atoms with Gasteiger partial charge in [0.25, 0.3) is 0 Å². The molecule has 2 unspecified atom stereocenters. The van der Waals surface area contributed by atoms with E-state index >= 15 is 0 Å². The first-order chi connectivity index (χ1) is 10.2. The summed E-state index contributed by atoms with van der Waals surface area (Å²) in [6, 6.07) is 4.09. The average molecular weight is 293 g/mol. The Morgan fingerprint density at radius 3 is 2.81 bits per heavy atom. The van der Waals surface area contributed by atoms with Gasteiger partial charge in [-0.3, -0.25) is 15.0 Å². The summed E-state index contributed by atoms with van der Waals surface area (Å²) in [6.45, 7) is 1.99. The standard InChI is InChI=1S/C15H23N3O3/c1-16-10-11-4-2-3-9-17(12-5-6-12)15(11)13-7-8-14(21-13)18(19)20/h7-8,11-12,15-16H,2-6,9-10H2,1H3. The van der Waals surface area contributed by atoms with Gasteiger partial charge in [0.05, 0.1) is 12.1 Å². The van der Waals surface area contributed by atoms with E-state index in [0.717, 1.165) is 25.3 Å². The van der Waals surface area contributed by atoms with Crippen LogP contribution in [0.2, 0.25) is 0 Å². The molecule has 1 aromatic rings. The number of rotatable bonds is 5. The molecule has 1 saturated heterocycles. The Bertz CT molecular complexity index is 498. The maximum atomic E-state index is 10.9. The van der Waals surface area contributed by atoms with Crippen LogP contribution in [0, 0.1) is 16.0 Å². The van der Waals surface area contributed by atoms with Crippen LogP contribution in [0.5, 0.6) is 0 Å². The lowest BCUT2D eigenvalue weighted by molar-refractivity contribution is -0.402. The molecule has 2 atom stereocenters. The van der Waals surface area contributed by atoms with Gasteiger partial charge in [-0.05, 0) is 57.8 Å². The van der Waals surface area contributed by atoms with Gasteiger partial charge < -0.3 is 9.73 Å². The Morgan fingerprint density at radius 1 is 1.38 bits per heavy atom. The van der Waals surface area contributed by atoms with Crippen molar-refractivity contribution in [2.75, 3.05) is 20.1 Å². The molecule has 6 nitrogen and oxygen atoms in total. The van der Waals surface area contributed by atoms with E-state index < -0.39 is 4.92 Å². The summed E-state index contributed by atoms with van der Waals surface area (Å²) in [6.07, 6.45) is 6.05. The Hall–Kier alpha value is -1.40. The number of nitrogens with one attached hydrogen (secondary N) is 1. The molecule has 2 aliphatic rings. The van der Waals surface area contributed by atoms with E-state index in [-0.39, 0.29) is 11.9 Å². The first-order valence-corrected chi connectivity index (χ1v) is 7.85. The zero-order valence-corrected chi connectivity index (χ0v) is 12.5. The van der Waals surface area contributed by atoms with Crippen LogP contribution in [-0.4, -0.2) is 36.0 Å². The molecule has 1 N–H and O–H groups in total. The van der Waals surface area contributed by atoms with E-state index in [4.69, 9.17) is 4.42 Å². The number of nitro groups is 1. The van der Waals surface area contributed by atoms with Gasteiger partial charge in [0.1, 0.15) is 10.7 Å². The number of nitrogens with zero attached hydrogens (tertiary/aromatic N) is 2. The van der Waals surface area contributed by atoms with Gasteiger partial charge >= 0.3 is 5.88 Å². The third-order valence-electron chi connectivity index (χ3n) is 4.61. The monoisotopic (exact) mass is 293 g/mol. The third-order valence-corrected chi connectivity index (χ3v) is 4.61. The van der Waals surface area contributed by atoms with Crippen LogP contribution in [0.1, 0.15) is 43.9 Å². The molecule has 1 aliphatic heterocycles. The van der Waals surface area contributed by atoms with Crippen LogP contribution in [0.15, 0.2) is 16.5 Å². The molecule has 0 spiro atoms. The summed E-state index contributed by atoms with van der Waals surface area (Å²) in [7, 11) is 1.97. The lowest BCUT2D eigenvalue weighted by Crippen LogP contribution is -2.37. The molecule has 21 heavy (non-hydrogen) atoms. The number of furan rings is 1. The van der Waals surface area contributed by atoms with Crippen LogP contribution in [0.25, 0.3) is 0 Å². The van der Waals surface area contributed by atoms with Crippen molar-refractivity contribution in [2.45, 2.75) is 44.2 Å². The van der Waals surface area contributed by atoms with Crippen molar-refractivity contribution >= 4 is 5.88 Å². The molecule has 0 bridgehead atoms. The Kier molecular flexibility index (Phi) is 4.26. The van der Waals surface area contributed by atoms with Crippen molar-refractivity contribution in [1.29, 1.82) is 0 Å². The minimum Gasteiger partial charge on any atom is -0.404 e. The zero-order valence-electron chi connectivity index (χ0n) is 12.5. The Morgan fingerprint density at radius 2 is 2.19 bits per heavy atom. The van der Waals surface area contributed by atoms with Crippen molar-refractivity contribution in [3.05, 3.63) is 28.0 Å². The molecule has 0 aromatic carbocycles. The van der Waals surface area contributed by atoms with Crippen molar-refractivity contribution in [1.82, 2.24) is 10.2 Å². The quantitative estimate of drug-likeness (QED) is 0.667. The fourth-order valence-corrected chi connectivity index (χ4v) is 3.56. The minimum atomic E-state index is -0.450. The zero-order chi connectivity index (χ0) is 14.8. The molecule has 6 heteroatoms. The third kappa shape index (κ3) is 3.11. The molecule has 1 aromatic heterocycles. The summed E-state index contributed by atoms with van der Waals surface area (Å²) in [5.74, 6) is 1.06. The summed E-state index contributed by atoms with van der Waals surface area (Å²) in [4.78, 5) is 13.0. The van der Waals surface area contributed by atoms with Gasteiger partial charge in [-0.2, -0.15) is 0 Å². The summed E-state index contributed by atoms with van der Waals surface area (Å²) < 4.78 is 5.56. The maximum absolute atomic E-state index is 10.9. The largest absolute Gasteiger partial charge is 0.433 e. The number of hydrogen-bond acceptors (Lipinski definition) is 5. The van der Waals surface area contributed by atoms with Gasteiger partial charge in [0.2, 0.25) is 0 Å². The second-order valence-electron chi connectivity index (χ2n) is 6.16. The van der Waals surface area contributed by atoms with Crippen LogP contribution in [0.4, 0.5) is 5.88 Å². The number of likely N-dealkylation sites (tertiary alicyclic amines) is 1. The maximum Gasteiger partial charge on any atom is 0.433 e. The van der Waals surface area contributed by atoms with Crippen LogP contribution >= 0.6 is 0 Å². The Labute approximate surface area is 124 Å². The first-order valence-electron chi connectivity index (χ1n) is 7.85. The number of hydrogen-bond donors (Lipinski definition) is 1. The molecule has 0 radical (unpaired) electrons. The van der Waals surface area contributed by atoms with E-state index in [0.29, 0.717) is 12.0 Å². The normalized spacial score (nSPS) is 27.5. The molecular formula is C15H23N3O3. The average Bonchev–Trinajstić information content (AvgIpc) is 3.21. The van der Waals surface area contributed by atoms with Crippen molar-refractivity contribution < 1.29 is 9.34 Å². The van der Waals surface area contributed by atoms with Crippen molar-refractivity contribution in [3.63, 3.8) is 0 Å². The second kappa shape index (κ2) is 6.15. The minimum absolute atomic E-state index is 0.145.